The van der Waals surface area contributed by atoms with Crippen LogP contribution in [0.2, 0.25) is 0 Å². The summed E-state index contributed by atoms with van der Waals surface area (Å²) in [6.45, 7) is 0. The maximum Gasteiger partial charge on any atom is 0.273 e. The molecule has 1 amide bonds. The summed E-state index contributed by atoms with van der Waals surface area (Å²) < 4.78 is 1.76. The molecule has 3 aromatic rings. The number of rotatable bonds is 6. The Morgan fingerprint density at radius 3 is 2.48 bits per heavy atom. The van der Waals surface area contributed by atoms with Crippen LogP contribution < -0.4 is 5.43 Å². The second-order valence-electron chi connectivity index (χ2n) is 5.62. The molecule has 0 bridgehead atoms. The largest absolute Gasteiger partial charge is 0.378 e. The minimum Gasteiger partial charge on any atom is -0.378 e. The first-order chi connectivity index (χ1) is 13.1. The number of nitro benzene ring substituents is 1. The van der Waals surface area contributed by atoms with E-state index >= 15 is 0 Å². The average molecular weight is 364 g/mol. The quantitative estimate of drug-likeness (QED) is 0.398. The molecule has 3 rings (SSSR count). The van der Waals surface area contributed by atoms with Crippen LogP contribution >= 0.6 is 0 Å². The Bertz CT molecular complexity index is 965. The third kappa shape index (κ3) is 4.25. The number of non-ortho nitro benzene ring substituents is 1. The second-order valence-corrected chi connectivity index (χ2v) is 5.62. The summed E-state index contributed by atoms with van der Waals surface area (Å²) in [5, 5.41) is 24.6. The minimum absolute atomic E-state index is 0.00304. The van der Waals surface area contributed by atoms with E-state index in [1.807, 2.05) is 0 Å². The fraction of sp³-hybridized carbons (Fsp3) is 0.0526. The van der Waals surface area contributed by atoms with Crippen molar-refractivity contribution in [2.24, 2.45) is 5.10 Å². The van der Waals surface area contributed by atoms with Crippen molar-refractivity contribution in [2.45, 2.75) is 6.10 Å². The Kier molecular flexibility index (Phi) is 5.38. The number of aliphatic hydroxyl groups is 1. The van der Waals surface area contributed by atoms with Crippen LogP contribution in [0.1, 0.15) is 17.4 Å². The molecule has 2 N–H and O–H groups in total. The van der Waals surface area contributed by atoms with Crippen LogP contribution in [0.5, 0.6) is 0 Å². The summed E-state index contributed by atoms with van der Waals surface area (Å²) in [5.74, 6) is -0.647. The molecule has 8 heteroatoms. The van der Waals surface area contributed by atoms with E-state index in [1.165, 1.54) is 18.3 Å². The van der Waals surface area contributed by atoms with Crippen molar-refractivity contribution in [3.63, 3.8) is 0 Å². The third-order valence-electron chi connectivity index (χ3n) is 3.85. The highest BCUT2D eigenvalue weighted by atomic mass is 16.6. The monoisotopic (exact) mass is 364 g/mol. The molecular weight excluding hydrogens is 348 g/mol. The summed E-state index contributed by atoms with van der Waals surface area (Å²) in [6.07, 6.45) is 1.88. The predicted octanol–water partition coefficient (Wildman–Crippen LogP) is 2.57. The number of nitro groups is 1. The molecule has 0 spiro atoms. The van der Waals surface area contributed by atoms with E-state index in [4.69, 9.17) is 0 Å². The van der Waals surface area contributed by atoms with Gasteiger partial charge in [0.1, 0.15) is 0 Å². The molecule has 8 nitrogen and oxygen atoms in total. The zero-order valence-electron chi connectivity index (χ0n) is 14.1. The van der Waals surface area contributed by atoms with Gasteiger partial charge in [-0.3, -0.25) is 14.9 Å². The Hall–Kier alpha value is -3.78. The molecule has 0 aliphatic rings. The van der Waals surface area contributed by atoms with Gasteiger partial charge in [0.05, 0.1) is 16.8 Å². The second kappa shape index (κ2) is 8.07. The van der Waals surface area contributed by atoms with Crippen LogP contribution in [0.4, 0.5) is 5.69 Å². The summed E-state index contributed by atoms with van der Waals surface area (Å²) in [4.78, 5) is 22.3. The SMILES string of the molecule is O=C(N/N=C\c1cccn1-c1ccc([N+](=O)[O-])cc1)[C@@H](O)c1ccccc1. The number of aliphatic hydroxyl groups excluding tert-OH is 1. The number of nitrogens with zero attached hydrogens (tertiary/aromatic N) is 3. The Labute approximate surface area is 154 Å². The maximum atomic E-state index is 12.0. The lowest BCUT2D eigenvalue weighted by Gasteiger charge is -2.09. The topological polar surface area (TPSA) is 110 Å². The lowest BCUT2D eigenvalue weighted by molar-refractivity contribution is -0.384. The van der Waals surface area contributed by atoms with Crippen LogP contribution in [-0.4, -0.2) is 26.7 Å². The molecule has 136 valence electrons. The number of hydrogen-bond acceptors (Lipinski definition) is 5. The van der Waals surface area contributed by atoms with Gasteiger partial charge in [0, 0.05) is 24.0 Å². The molecule has 0 radical (unpaired) electrons. The van der Waals surface area contributed by atoms with Crippen LogP contribution in [0.3, 0.4) is 0 Å². The predicted molar refractivity (Wildman–Crippen MR) is 99.6 cm³/mol. The van der Waals surface area contributed by atoms with Crippen molar-refractivity contribution in [3.05, 3.63) is 94.3 Å². The molecule has 0 aliphatic heterocycles. The number of hydrazone groups is 1. The molecular formula is C19H16N4O4. The van der Waals surface area contributed by atoms with Gasteiger partial charge in [-0.15, -0.1) is 0 Å². The molecule has 1 aromatic heterocycles. The van der Waals surface area contributed by atoms with Crippen molar-refractivity contribution in [2.75, 3.05) is 0 Å². The van der Waals surface area contributed by atoms with Crippen LogP contribution in [0.25, 0.3) is 5.69 Å². The maximum absolute atomic E-state index is 12.0. The van der Waals surface area contributed by atoms with Crippen LogP contribution in [0.15, 0.2) is 78.0 Å². The molecule has 0 aliphatic carbocycles. The van der Waals surface area contributed by atoms with Crippen molar-refractivity contribution >= 4 is 17.8 Å². The van der Waals surface area contributed by atoms with E-state index in [2.05, 4.69) is 10.5 Å². The minimum atomic E-state index is -1.31. The number of aromatic nitrogens is 1. The molecule has 2 aromatic carbocycles. The number of amides is 1. The highest BCUT2D eigenvalue weighted by Crippen LogP contribution is 2.17. The van der Waals surface area contributed by atoms with Gasteiger partial charge in [-0.05, 0) is 29.8 Å². The van der Waals surface area contributed by atoms with Crippen molar-refractivity contribution in [1.82, 2.24) is 9.99 Å². The Morgan fingerprint density at radius 2 is 1.81 bits per heavy atom. The molecule has 0 saturated carbocycles. The zero-order valence-corrected chi connectivity index (χ0v) is 14.1. The molecule has 1 atom stereocenters. The number of carbonyl (C=O) groups is 1. The fourth-order valence-corrected chi connectivity index (χ4v) is 2.48. The lowest BCUT2D eigenvalue weighted by Crippen LogP contribution is -2.25. The van der Waals surface area contributed by atoms with E-state index in [0.29, 0.717) is 16.9 Å². The normalized spacial score (nSPS) is 12.0. The third-order valence-corrected chi connectivity index (χ3v) is 3.85. The smallest absolute Gasteiger partial charge is 0.273 e. The number of carbonyl (C=O) groups excluding carboxylic acids is 1. The van der Waals surface area contributed by atoms with Gasteiger partial charge in [0.2, 0.25) is 0 Å². The van der Waals surface area contributed by atoms with Crippen LogP contribution in [0, 0.1) is 10.1 Å². The number of benzene rings is 2. The summed E-state index contributed by atoms with van der Waals surface area (Å²) >= 11 is 0. The van der Waals surface area contributed by atoms with Gasteiger partial charge in [-0.2, -0.15) is 5.10 Å². The zero-order chi connectivity index (χ0) is 19.2. The molecule has 0 fully saturated rings. The van der Waals surface area contributed by atoms with Crippen molar-refractivity contribution in [1.29, 1.82) is 0 Å². The van der Waals surface area contributed by atoms with Gasteiger partial charge < -0.3 is 9.67 Å². The Morgan fingerprint density at radius 1 is 1.11 bits per heavy atom. The van der Waals surface area contributed by atoms with Gasteiger partial charge in [0.15, 0.2) is 6.10 Å². The lowest BCUT2D eigenvalue weighted by atomic mass is 10.1. The summed E-state index contributed by atoms with van der Waals surface area (Å²) in [5.41, 5.74) is 4.14. The van der Waals surface area contributed by atoms with E-state index < -0.39 is 16.9 Å². The number of hydrogen-bond donors (Lipinski definition) is 2. The van der Waals surface area contributed by atoms with Gasteiger partial charge in [-0.25, -0.2) is 5.43 Å². The first-order valence-corrected chi connectivity index (χ1v) is 8.04. The number of nitrogens with one attached hydrogen (secondary N) is 1. The van der Waals surface area contributed by atoms with Gasteiger partial charge >= 0.3 is 0 Å². The molecule has 27 heavy (non-hydrogen) atoms. The fourth-order valence-electron chi connectivity index (χ4n) is 2.48. The standard InChI is InChI=1S/C19H16N4O4/c24-18(14-5-2-1-3-6-14)19(25)21-20-13-17-7-4-12-22(17)15-8-10-16(11-9-15)23(26)27/h1-13,18,24H,(H,21,25)/b20-13-/t18-/m0/s1. The highest BCUT2D eigenvalue weighted by molar-refractivity contribution is 5.84. The van der Waals surface area contributed by atoms with E-state index in [9.17, 15) is 20.0 Å². The highest BCUT2D eigenvalue weighted by Gasteiger charge is 2.16. The first kappa shape index (κ1) is 18.0. The van der Waals surface area contributed by atoms with Crippen molar-refractivity contribution in [3.8, 4) is 5.69 Å². The summed E-state index contributed by atoms with van der Waals surface area (Å²) in [7, 11) is 0. The average Bonchev–Trinajstić information content (AvgIpc) is 3.16. The van der Waals surface area contributed by atoms with E-state index in [1.54, 1.807) is 65.4 Å². The van der Waals surface area contributed by atoms with Gasteiger partial charge in [0.25, 0.3) is 11.6 Å². The summed E-state index contributed by atoms with van der Waals surface area (Å²) in [6, 6.07) is 18.1. The molecule has 1 heterocycles. The van der Waals surface area contributed by atoms with Crippen molar-refractivity contribution < 1.29 is 14.8 Å². The van der Waals surface area contributed by atoms with E-state index in [0.717, 1.165) is 0 Å². The Balaban J connectivity index is 1.69. The van der Waals surface area contributed by atoms with Gasteiger partial charge in [-0.1, -0.05) is 30.3 Å². The molecule has 0 unspecified atom stereocenters. The first-order valence-electron chi connectivity index (χ1n) is 8.04. The van der Waals surface area contributed by atoms with E-state index in [-0.39, 0.29) is 5.69 Å². The van der Waals surface area contributed by atoms with Crippen LogP contribution in [-0.2, 0) is 4.79 Å². The molecule has 0 saturated heterocycles.